The molecular weight excluding hydrogens is 724 g/mol. The molecule has 0 saturated heterocycles. The molecule has 0 aliphatic heterocycles. The van der Waals surface area contributed by atoms with Crippen LogP contribution in [0, 0.1) is 16.8 Å². The van der Waals surface area contributed by atoms with E-state index in [1.54, 1.807) is 0 Å². The number of rotatable bonds is 21. The van der Waals surface area contributed by atoms with E-state index >= 15 is 0 Å². The Morgan fingerprint density at radius 3 is 1.48 bits per heavy atom. The van der Waals surface area contributed by atoms with Crippen LogP contribution in [0.2, 0.25) is 26.6 Å². The molecule has 0 aliphatic carbocycles. The van der Waals surface area contributed by atoms with Gasteiger partial charge in [-0.1, -0.05) is 0 Å². The molecule has 0 aliphatic rings. The molecule has 0 radical (unpaired) electrons. The van der Waals surface area contributed by atoms with Crippen molar-refractivity contribution in [2.75, 3.05) is 0 Å². The molecule has 0 N–H and O–H groups in total. The van der Waals surface area contributed by atoms with Gasteiger partial charge in [0, 0.05) is 0 Å². The van der Waals surface area contributed by atoms with Crippen LogP contribution in [0.3, 0.4) is 0 Å². The second kappa shape index (κ2) is 23.8. The van der Waals surface area contributed by atoms with Gasteiger partial charge in [-0.2, -0.15) is 0 Å². The van der Waals surface area contributed by atoms with Crippen LogP contribution >= 0.6 is 0 Å². The van der Waals surface area contributed by atoms with Gasteiger partial charge in [-0.05, 0) is 0 Å². The van der Waals surface area contributed by atoms with E-state index in [1.165, 1.54) is 119 Å². The summed E-state index contributed by atoms with van der Waals surface area (Å²) in [7, 11) is 0. The van der Waals surface area contributed by atoms with Crippen LogP contribution in [0.1, 0.15) is 137 Å². The average molecular weight is 791 g/mol. The number of hydrogen-bond donors (Lipinski definition) is 0. The summed E-state index contributed by atoms with van der Waals surface area (Å²) < 4.78 is 16.3. The summed E-state index contributed by atoms with van der Waals surface area (Å²) in [5.74, 6) is 3.28. The van der Waals surface area contributed by atoms with Crippen LogP contribution in [0.4, 0.5) is 0 Å². The standard InChI is InChI=1S/C10H10N3.6C4H9.C3H3.2Sn/c1-9-7-11-12-13(9)8-10-5-3-2-4-6-10;6*1-3-4-2;1-3-2;;/h2-6H,8H2,1H3;6*1,3-4H2,2H3;1H3;;. The van der Waals surface area contributed by atoms with Gasteiger partial charge in [0.2, 0.25) is 0 Å². The van der Waals surface area contributed by atoms with Crippen molar-refractivity contribution in [3.05, 3.63) is 41.6 Å². The zero-order chi connectivity index (χ0) is 31.1. The second-order valence-electron chi connectivity index (χ2n) is 12.7. The molecule has 3 nitrogen and oxygen atoms in total. The van der Waals surface area contributed by atoms with Crippen molar-refractivity contribution in [1.82, 2.24) is 15.0 Å². The van der Waals surface area contributed by atoms with Gasteiger partial charge in [-0.3, -0.25) is 0 Å². The van der Waals surface area contributed by atoms with Crippen LogP contribution in [0.25, 0.3) is 0 Å². The summed E-state index contributed by atoms with van der Waals surface area (Å²) in [6.45, 7) is 19.1. The molecule has 0 spiro atoms. The molecule has 1 aromatic heterocycles. The Morgan fingerprint density at radius 1 is 0.643 bits per heavy atom. The number of aromatic nitrogens is 3. The van der Waals surface area contributed by atoms with E-state index in [2.05, 4.69) is 105 Å². The van der Waals surface area contributed by atoms with Crippen LogP contribution in [0.5, 0.6) is 0 Å². The first kappa shape index (κ1) is 39.5. The number of benzene rings is 1. The Bertz CT molecular complexity index is 946. The minimum atomic E-state index is -2.48. The fourth-order valence-corrected chi connectivity index (χ4v) is 36.2. The quantitative estimate of drug-likeness (QED) is 0.0931. The predicted octanol–water partition coefficient (Wildman–Crippen LogP) is 11.1. The normalized spacial score (nSPS) is 11.5. The van der Waals surface area contributed by atoms with E-state index in [0.717, 1.165) is 6.54 Å². The molecule has 0 saturated carbocycles. The molecule has 0 atom stereocenters. The van der Waals surface area contributed by atoms with Crippen LogP contribution in [-0.2, 0) is 6.54 Å². The fourth-order valence-electron chi connectivity index (χ4n) is 6.41. The van der Waals surface area contributed by atoms with Gasteiger partial charge in [-0.25, -0.2) is 0 Å². The average Bonchev–Trinajstić information content (AvgIpc) is 3.38. The van der Waals surface area contributed by atoms with E-state index in [1.807, 2.05) is 0 Å². The summed E-state index contributed by atoms with van der Waals surface area (Å²) in [5, 5.41) is 9.47. The van der Waals surface area contributed by atoms with Crippen molar-refractivity contribution >= 4 is 40.5 Å². The Hall–Kier alpha value is -0.483. The van der Waals surface area contributed by atoms with E-state index < -0.39 is 36.8 Å². The molecule has 5 heteroatoms. The Balaban J connectivity index is 0.000000476. The van der Waals surface area contributed by atoms with Crippen molar-refractivity contribution in [1.29, 1.82) is 0 Å². The van der Waals surface area contributed by atoms with E-state index in [4.69, 9.17) is 5.10 Å². The monoisotopic (exact) mass is 793 g/mol. The Kier molecular flexibility index (Phi) is 22.4. The number of nitrogens with zero attached hydrogens (tertiary/aromatic N) is 3. The predicted molar refractivity (Wildman–Crippen MR) is 193 cm³/mol. The molecule has 42 heavy (non-hydrogen) atoms. The zero-order valence-corrected chi connectivity index (χ0v) is 34.9. The third-order valence-electron chi connectivity index (χ3n) is 9.10. The van der Waals surface area contributed by atoms with Crippen molar-refractivity contribution in [3.63, 3.8) is 0 Å². The molecule has 1 heterocycles. The molecular formula is C37H67N3Sn2. The first-order valence-corrected chi connectivity index (χ1v) is 32.8. The second-order valence-corrected chi connectivity index (χ2v) is 38.0. The van der Waals surface area contributed by atoms with Gasteiger partial charge in [0.1, 0.15) is 0 Å². The van der Waals surface area contributed by atoms with Crippen molar-refractivity contribution in [2.24, 2.45) is 0 Å². The summed E-state index contributed by atoms with van der Waals surface area (Å²) in [6, 6.07) is 10.7. The zero-order valence-electron chi connectivity index (χ0n) is 29.2. The first-order valence-electron chi connectivity index (χ1n) is 17.8. The number of hydrogen-bond acceptors (Lipinski definition) is 2. The Labute approximate surface area is 270 Å². The molecule has 238 valence electrons. The van der Waals surface area contributed by atoms with E-state index in [9.17, 15) is 0 Å². The molecule has 0 bridgehead atoms. The van der Waals surface area contributed by atoms with Gasteiger partial charge >= 0.3 is 273 Å². The van der Waals surface area contributed by atoms with Crippen molar-refractivity contribution in [2.45, 2.75) is 166 Å². The Morgan fingerprint density at radius 2 is 1.07 bits per heavy atom. The maximum absolute atomic E-state index is 4.85. The molecule has 2 rings (SSSR count). The topological polar surface area (TPSA) is 30.7 Å². The van der Waals surface area contributed by atoms with Gasteiger partial charge in [0.15, 0.2) is 0 Å². The van der Waals surface area contributed by atoms with Gasteiger partial charge < -0.3 is 0 Å². The van der Waals surface area contributed by atoms with Crippen LogP contribution < -0.4 is 3.71 Å². The molecule has 0 unspecified atom stereocenters. The maximum atomic E-state index is 4.85. The summed E-state index contributed by atoms with van der Waals surface area (Å²) in [4.78, 5) is 0. The van der Waals surface area contributed by atoms with Gasteiger partial charge in [0.25, 0.3) is 0 Å². The third-order valence-corrected chi connectivity index (χ3v) is 38.0. The molecule has 2 aromatic rings. The van der Waals surface area contributed by atoms with Crippen LogP contribution in [0.15, 0.2) is 30.3 Å². The SMILES string of the molecule is CC#[C][Sn]([CH2]CCC)([CH2]CCC)[CH2]CCC.CCC[CH2][Sn]([CH2]CCC)([CH2]CCC)[c]1nnn(Cc2ccccc2)c1C. The summed E-state index contributed by atoms with van der Waals surface area (Å²) in [6.07, 6.45) is 16.3. The van der Waals surface area contributed by atoms with Gasteiger partial charge in [-0.15, -0.1) is 0 Å². The van der Waals surface area contributed by atoms with E-state index in [0.29, 0.717) is 0 Å². The van der Waals surface area contributed by atoms with E-state index in [-0.39, 0.29) is 0 Å². The third kappa shape index (κ3) is 14.1. The number of unbranched alkanes of at least 4 members (excludes halogenated alkanes) is 6. The summed E-state index contributed by atoms with van der Waals surface area (Å²) >= 11 is -4.50. The molecule has 0 fully saturated rings. The van der Waals surface area contributed by atoms with Crippen molar-refractivity contribution < 1.29 is 0 Å². The van der Waals surface area contributed by atoms with Gasteiger partial charge in [0.05, 0.1) is 0 Å². The minimum absolute atomic E-state index is 0.844. The van der Waals surface area contributed by atoms with Crippen molar-refractivity contribution in [3.8, 4) is 9.86 Å². The first-order chi connectivity index (χ1) is 20.4. The fraction of sp³-hybridized carbons (Fsp3) is 0.730. The summed E-state index contributed by atoms with van der Waals surface area (Å²) in [5.41, 5.74) is 2.66. The van der Waals surface area contributed by atoms with Crippen LogP contribution in [-0.4, -0.2) is 51.7 Å². The molecule has 1 aromatic carbocycles. The molecule has 0 amide bonds.